The maximum atomic E-state index is 12.3. The zero-order chi connectivity index (χ0) is 16.3. The second kappa shape index (κ2) is 6.81. The number of hydrogen-bond acceptors (Lipinski definition) is 4. The number of aryl methyl sites for hydroxylation is 1. The van der Waals surface area contributed by atoms with Crippen LogP contribution in [0.2, 0.25) is 0 Å². The lowest BCUT2D eigenvalue weighted by Crippen LogP contribution is -2.22. The maximum absolute atomic E-state index is 12.3. The molecule has 5 heteroatoms. The molecule has 1 atom stereocenters. The molecule has 1 aromatic carbocycles. The SMILES string of the molecule is CCCc1nc2c(N)cccc2n1C(C)C(=O)OCC(C)C. The summed E-state index contributed by atoms with van der Waals surface area (Å²) in [5, 5.41) is 0. The Morgan fingerprint density at radius 2 is 2.09 bits per heavy atom. The van der Waals surface area contributed by atoms with E-state index in [2.05, 4.69) is 11.9 Å². The van der Waals surface area contributed by atoms with Gasteiger partial charge in [0, 0.05) is 6.42 Å². The van der Waals surface area contributed by atoms with E-state index < -0.39 is 6.04 Å². The number of carbonyl (C=O) groups excluding carboxylic acids is 1. The van der Waals surface area contributed by atoms with Crippen LogP contribution in [0.4, 0.5) is 5.69 Å². The second-order valence-corrected chi connectivity index (χ2v) is 6.06. The van der Waals surface area contributed by atoms with Crippen LogP contribution < -0.4 is 5.73 Å². The third-order valence-corrected chi connectivity index (χ3v) is 3.59. The molecule has 2 aromatic rings. The molecular weight excluding hydrogens is 278 g/mol. The molecule has 5 nitrogen and oxygen atoms in total. The van der Waals surface area contributed by atoms with Gasteiger partial charge in [-0.15, -0.1) is 0 Å². The minimum Gasteiger partial charge on any atom is -0.464 e. The highest BCUT2D eigenvalue weighted by Crippen LogP contribution is 2.26. The highest BCUT2D eigenvalue weighted by molar-refractivity contribution is 5.89. The van der Waals surface area contributed by atoms with Crippen molar-refractivity contribution >= 4 is 22.7 Å². The van der Waals surface area contributed by atoms with E-state index in [-0.39, 0.29) is 5.97 Å². The topological polar surface area (TPSA) is 70.1 Å². The van der Waals surface area contributed by atoms with Gasteiger partial charge in [-0.2, -0.15) is 0 Å². The first-order valence-electron chi connectivity index (χ1n) is 7.87. The molecule has 0 fully saturated rings. The molecule has 0 saturated carbocycles. The Morgan fingerprint density at radius 1 is 1.36 bits per heavy atom. The summed E-state index contributed by atoms with van der Waals surface area (Å²) in [7, 11) is 0. The number of nitrogens with two attached hydrogens (primary N) is 1. The summed E-state index contributed by atoms with van der Waals surface area (Å²) in [5.41, 5.74) is 8.30. The molecule has 120 valence electrons. The van der Waals surface area contributed by atoms with Crippen molar-refractivity contribution in [1.29, 1.82) is 0 Å². The number of anilines is 1. The standard InChI is InChI=1S/C17H25N3O2/c1-5-7-15-19-16-13(18)8-6-9-14(16)20(15)12(4)17(21)22-10-11(2)3/h6,8-9,11-12H,5,7,10,18H2,1-4H3. The van der Waals surface area contributed by atoms with Crippen LogP contribution in [0.1, 0.15) is 46.0 Å². The lowest BCUT2D eigenvalue weighted by molar-refractivity contribution is -0.148. The summed E-state index contributed by atoms with van der Waals surface area (Å²) >= 11 is 0. The molecule has 0 bridgehead atoms. The molecule has 0 aliphatic carbocycles. The molecule has 22 heavy (non-hydrogen) atoms. The van der Waals surface area contributed by atoms with Gasteiger partial charge in [0.15, 0.2) is 0 Å². The molecule has 1 aromatic heterocycles. The normalized spacial score (nSPS) is 12.8. The predicted octanol–water partition coefficient (Wildman–Crippen LogP) is 3.33. The highest BCUT2D eigenvalue weighted by atomic mass is 16.5. The van der Waals surface area contributed by atoms with Gasteiger partial charge in [0.2, 0.25) is 0 Å². The summed E-state index contributed by atoms with van der Waals surface area (Å²) in [6.07, 6.45) is 1.76. The van der Waals surface area contributed by atoms with Crippen LogP contribution in [-0.2, 0) is 16.0 Å². The van der Waals surface area contributed by atoms with Crippen LogP contribution >= 0.6 is 0 Å². The van der Waals surface area contributed by atoms with E-state index in [0.29, 0.717) is 18.2 Å². The van der Waals surface area contributed by atoms with Gasteiger partial charge in [-0.3, -0.25) is 0 Å². The van der Waals surface area contributed by atoms with Crippen LogP contribution in [-0.4, -0.2) is 22.1 Å². The molecule has 0 amide bonds. The van der Waals surface area contributed by atoms with Crippen molar-refractivity contribution in [3.05, 3.63) is 24.0 Å². The number of para-hydroxylation sites is 1. The molecule has 0 spiro atoms. The van der Waals surface area contributed by atoms with E-state index in [1.54, 1.807) is 0 Å². The number of rotatable bonds is 6. The number of aromatic nitrogens is 2. The Hall–Kier alpha value is -2.04. The van der Waals surface area contributed by atoms with E-state index >= 15 is 0 Å². The number of hydrogen-bond donors (Lipinski definition) is 1. The fraction of sp³-hybridized carbons (Fsp3) is 0.529. The summed E-state index contributed by atoms with van der Waals surface area (Å²) in [6.45, 7) is 8.42. The number of benzene rings is 1. The maximum Gasteiger partial charge on any atom is 0.328 e. The van der Waals surface area contributed by atoms with E-state index in [0.717, 1.165) is 29.7 Å². The largest absolute Gasteiger partial charge is 0.464 e. The number of nitrogen functional groups attached to an aromatic ring is 1. The highest BCUT2D eigenvalue weighted by Gasteiger charge is 2.23. The van der Waals surface area contributed by atoms with E-state index in [9.17, 15) is 4.79 Å². The number of imidazole rings is 1. The van der Waals surface area contributed by atoms with Crippen molar-refractivity contribution < 1.29 is 9.53 Å². The van der Waals surface area contributed by atoms with Crippen molar-refractivity contribution in [2.24, 2.45) is 5.92 Å². The van der Waals surface area contributed by atoms with E-state index in [1.165, 1.54) is 0 Å². The first-order chi connectivity index (χ1) is 10.5. The molecule has 0 aliphatic rings. The molecule has 2 N–H and O–H groups in total. The third kappa shape index (κ3) is 3.24. The Labute approximate surface area is 131 Å². The van der Waals surface area contributed by atoms with Crippen LogP contribution in [0.5, 0.6) is 0 Å². The quantitative estimate of drug-likeness (QED) is 0.656. The summed E-state index contributed by atoms with van der Waals surface area (Å²) < 4.78 is 7.34. The molecular formula is C17H25N3O2. The summed E-state index contributed by atoms with van der Waals surface area (Å²) in [5.74, 6) is 0.971. The van der Waals surface area contributed by atoms with Gasteiger partial charge in [-0.05, 0) is 31.4 Å². The third-order valence-electron chi connectivity index (χ3n) is 3.59. The fourth-order valence-electron chi connectivity index (χ4n) is 2.49. The van der Waals surface area contributed by atoms with Crippen molar-refractivity contribution in [3.8, 4) is 0 Å². The van der Waals surface area contributed by atoms with Gasteiger partial charge in [0.1, 0.15) is 17.4 Å². The van der Waals surface area contributed by atoms with Crippen LogP contribution in [0.25, 0.3) is 11.0 Å². The van der Waals surface area contributed by atoms with Gasteiger partial charge in [0.05, 0.1) is 17.8 Å². The average Bonchev–Trinajstić information content (AvgIpc) is 2.84. The van der Waals surface area contributed by atoms with Gasteiger partial charge >= 0.3 is 5.97 Å². The Balaban J connectivity index is 2.41. The van der Waals surface area contributed by atoms with Crippen molar-refractivity contribution in [2.75, 3.05) is 12.3 Å². The van der Waals surface area contributed by atoms with Crippen molar-refractivity contribution in [2.45, 2.75) is 46.6 Å². The monoisotopic (exact) mass is 303 g/mol. The van der Waals surface area contributed by atoms with Crippen LogP contribution in [0.3, 0.4) is 0 Å². The number of ether oxygens (including phenoxy) is 1. The van der Waals surface area contributed by atoms with Gasteiger partial charge < -0.3 is 15.0 Å². The minimum atomic E-state index is -0.410. The minimum absolute atomic E-state index is 0.229. The van der Waals surface area contributed by atoms with E-state index in [1.807, 2.05) is 43.5 Å². The van der Waals surface area contributed by atoms with Crippen molar-refractivity contribution in [1.82, 2.24) is 9.55 Å². The van der Waals surface area contributed by atoms with Gasteiger partial charge in [0.25, 0.3) is 0 Å². The zero-order valence-corrected chi connectivity index (χ0v) is 13.8. The lowest BCUT2D eigenvalue weighted by atomic mass is 10.2. The number of fused-ring (bicyclic) bond motifs is 1. The van der Waals surface area contributed by atoms with Gasteiger partial charge in [-0.1, -0.05) is 26.8 Å². The first-order valence-corrected chi connectivity index (χ1v) is 7.87. The Morgan fingerprint density at radius 3 is 2.73 bits per heavy atom. The van der Waals surface area contributed by atoms with Crippen LogP contribution in [0.15, 0.2) is 18.2 Å². The second-order valence-electron chi connectivity index (χ2n) is 6.06. The molecule has 0 radical (unpaired) electrons. The summed E-state index contributed by atoms with van der Waals surface area (Å²) in [6, 6.07) is 5.26. The van der Waals surface area contributed by atoms with Crippen molar-refractivity contribution in [3.63, 3.8) is 0 Å². The molecule has 0 aliphatic heterocycles. The number of esters is 1. The zero-order valence-electron chi connectivity index (χ0n) is 13.8. The van der Waals surface area contributed by atoms with Crippen LogP contribution in [0, 0.1) is 5.92 Å². The molecule has 1 unspecified atom stereocenters. The average molecular weight is 303 g/mol. The summed E-state index contributed by atoms with van der Waals surface area (Å²) in [4.78, 5) is 17.0. The number of nitrogens with zero attached hydrogens (tertiary/aromatic N) is 2. The Kier molecular flexibility index (Phi) is 5.06. The lowest BCUT2D eigenvalue weighted by Gasteiger charge is -2.17. The predicted molar refractivity (Wildman–Crippen MR) is 88.6 cm³/mol. The molecule has 1 heterocycles. The molecule has 2 rings (SSSR count). The number of carbonyl (C=O) groups is 1. The Bertz CT molecular complexity index is 661. The van der Waals surface area contributed by atoms with Gasteiger partial charge in [-0.25, -0.2) is 9.78 Å². The smallest absolute Gasteiger partial charge is 0.328 e. The fourth-order valence-corrected chi connectivity index (χ4v) is 2.49. The van der Waals surface area contributed by atoms with E-state index in [4.69, 9.17) is 10.5 Å². The molecule has 0 saturated heterocycles. The first kappa shape index (κ1) is 16.3.